The Hall–Kier alpha value is -1.23. The van der Waals surface area contributed by atoms with E-state index in [2.05, 4.69) is 0 Å². The van der Waals surface area contributed by atoms with Gasteiger partial charge in [0.1, 0.15) is 11.9 Å². The summed E-state index contributed by atoms with van der Waals surface area (Å²) in [5, 5.41) is 19.7. The van der Waals surface area contributed by atoms with E-state index < -0.39 is 12.2 Å². The lowest BCUT2D eigenvalue weighted by atomic mass is 9.94. The molecule has 2 unspecified atom stereocenters. The highest BCUT2D eigenvalue weighted by Gasteiger charge is 2.20. The summed E-state index contributed by atoms with van der Waals surface area (Å²) in [5.74, 6) is 0.0259. The van der Waals surface area contributed by atoms with Crippen molar-refractivity contribution in [2.45, 2.75) is 32.0 Å². The largest absolute Gasteiger partial charge is 0.390 e. The molecule has 0 radical (unpaired) electrons. The molecule has 4 heteroatoms. The second kappa shape index (κ2) is 6.49. The van der Waals surface area contributed by atoms with Crippen molar-refractivity contribution in [2.24, 2.45) is 5.73 Å². The summed E-state index contributed by atoms with van der Waals surface area (Å²) in [6.07, 6.45) is -1.29. The van der Waals surface area contributed by atoms with Gasteiger partial charge in [-0.3, -0.25) is 4.79 Å². The number of benzene rings is 1. The van der Waals surface area contributed by atoms with Crippen LogP contribution in [-0.4, -0.2) is 28.6 Å². The quantitative estimate of drug-likeness (QED) is 0.675. The van der Waals surface area contributed by atoms with Gasteiger partial charge in [-0.2, -0.15) is 0 Å². The van der Waals surface area contributed by atoms with Gasteiger partial charge >= 0.3 is 0 Å². The fourth-order valence-electron chi connectivity index (χ4n) is 1.79. The lowest BCUT2D eigenvalue weighted by molar-refractivity contribution is -0.116. The second-order valence-electron chi connectivity index (χ2n) is 4.17. The molecule has 0 aliphatic rings. The van der Waals surface area contributed by atoms with Crippen molar-refractivity contribution in [1.82, 2.24) is 0 Å². The molecule has 0 fully saturated rings. The van der Waals surface area contributed by atoms with Gasteiger partial charge in [-0.15, -0.1) is 0 Å². The fraction of sp³-hybridized carbons (Fsp3) is 0.462. The Balaban J connectivity index is 2.91. The molecule has 0 saturated heterocycles. The molecule has 0 aliphatic carbocycles. The summed E-state index contributed by atoms with van der Waals surface area (Å²) < 4.78 is 0. The Morgan fingerprint density at radius 3 is 2.59 bits per heavy atom. The Labute approximate surface area is 101 Å². The summed E-state index contributed by atoms with van der Waals surface area (Å²) >= 11 is 0. The van der Waals surface area contributed by atoms with Gasteiger partial charge in [0.2, 0.25) is 0 Å². The average molecular weight is 237 g/mol. The Bertz CT molecular complexity index is 379. The van der Waals surface area contributed by atoms with E-state index in [4.69, 9.17) is 5.73 Å². The van der Waals surface area contributed by atoms with Crippen LogP contribution in [0.5, 0.6) is 0 Å². The van der Waals surface area contributed by atoms with E-state index in [0.29, 0.717) is 18.5 Å². The Morgan fingerprint density at radius 2 is 2.00 bits per heavy atom. The molecule has 1 rings (SSSR count). The lowest BCUT2D eigenvalue weighted by Crippen LogP contribution is -2.23. The van der Waals surface area contributed by atoms with Crippen molar-refractivity contribution in [3.63, 3.8) is 0 Å². The van der Waals surface area contributed by atoms with Crippen molar-refractivity contribution in [1.29, 1.82) is 0 Å². The highest BCUT2D eigenvalue weighted by molar-refractivity contribution is 5.78. The van der Waals surface area contributed by atoms with Crippen LogP contribution in [0.15, 0.2) is 24.3 Å². The average Bonchev–Trinajstić information content (AvgIpc) is 2.28. The highest BCUT2D eigenvalue weighted by atomic mass is 16.3. The number of aliphatic hydroxyl groups excluding tert-OH is 2. The van der Waals surface area contributed by atoms with E-state index in [-0.39, 0.29) is 12.2 Å². The van der Waals surface area contributed by atoms with Gasteiger partial charge in [0.15, 0.2) is 0 Å². The number of hydrogen-bond donors (Lipinski definition) is 3. The van der Waals surface area contributed by atoms with Crippen molar-refractivity contribution in [2.75, 3.05) is 6.54 Å². The fourth-order valence-corrected chi connectivity index (χ4v) is 1.79. The number of hydrogen-bond acceptors (Lipinski definition) is 4. The van der Waals surface area contributed by atoms with Crippen LogP contribution in [0.4, 0.5) is 0 Å². The molecule has 0 bridgehead atoms. The van der Waals surface area contributed by atoms with Crippen LogP contribution in [0.2, 0.25) is 0 Å². The number of carbonyl (C=O) groups excluding carboxylic acids is 1. The maximum absolute atomic E-state index is 11.1. The SMILES string of the molecule is CC(=O)Cc1ccccc1C(O)C(O)CCN. The van der Waals surface area contributed by atoms with Gasteiger partial charge in [0.05, 0.1) is 6.10 Å². The highest BCUT2D eigenvalue weighted by Crippen LogP contribution is 2.23. The maximum Gasteiger partial charge on any atom is 0.134 e. The first-order valence-electron chi connectivity index (χ1n) is 5.69. The van der Waals surface area contributed by atoms with Crippen molar-refractivity contribution >= 4 is 5.78 Å². The van der Waals surface area contributed by atoms with Crippen LogP contribution in [-0.2, 0) is 11.2 Å². The van der Waals surface area contributed by atoms with Crippen LogP contribution in [0.25, 0.3) is 0 Å². The molecule has 0 heterocycles. The molecule has 94 valence electrons. The third-order valence-electron chi connectivity index (χ3n) is 2.64. The molecule has 0 spiro atoms. The van der Waals surface area contributed by atoms with E-state index in [1.807, 2.05) is 6.07 Å². The summed E-state index contributed by atoms with van der Waals surface area (Å²) in [5.41, 5.74) is 6.69. The van der Waals surface area contributed by atoms with Gasteiger partial charge in [-0.05, 0) is 31.0 Å². The standard InChI is InChI=1S/C13H19NO3/c1-9(15)8-10-4-2-3-5-11(10)13(17)12(16)6-7-14/h2-5,12-13,16-17H,6-8,14H2,1H3. The summed E-state index contributed by atoms with van der Waals surface area (Å²) in [7, 11) is 0. The van der Waals surface area contributed by atoms with E-state index in [1.54, 1.807) is 18.2 Å². The molecule has 0 aromatic heterocycles. The number of nitrogens with two attached hydrogens (primary N) is 1. The summed E-state index contributed by atoms with van der Waals surface area (Å²) in [6, 6.07) is 7.10. The van der Waals surface area contributed by atoms with Gasteiger partial charge in [0, 0.05) is 6.42 Å². The van der Waals surface area contributed by atoms with Crippen LogP contribution in [0.3, 0.4) is 0 Å². The molecule has 2 atom stereocenters. The van der Waals surface area contributed by atoms with E-state index >= 15 is 0 Å². The van der Waals surface area contributed by atoms with Gasteiger partial charge in [-0.1, -0.05) is 24.3 Å². The van der Waals surface area contributed by atoms with E-state index in [9.17, 15) is 15.0 Å². The number of rotatable bonds is 6. The monoisotopic (exact) mass is 237 g/mol. The zero-order valence-electron chi connectivity index (χ0n) is 9.97. The molecule has 1 aromatic rings. The smallest absolute Gasteiger partial charge is 0.134 e. The van der Waals surface area contributed by atoms with Crippen LogP contribution < -0.4 is 5.73 Å². The van der Waals surface area contributed by atoms with Gasteiger partial charge < -0.3 is 15.9 Å². The third kappa shape index (κ3) is 3.93. The minimum atomic E-state index is -0.992. The van der Waals surface area contributed by atoms with Crippen molar-refractivity contribution in [3.8, 4) is 0 Å². The minimum Gasteiger partial charge on any atom is -0.390 e. The Morgan fingerprint density at radius 1 is 1.35 bits per heavy atom. The first kappa shape index (κ1) is 13.8. The predicted molar refractivity (Wildman–Crippen MR) is 65.5 cm³/mol. The molecule has 4 nitrogen and oxygen atoms in total. The van der Waals surface area contributed by atoms with Crippen LogP contribution in [0, 0.1) is 0 Å². The van der Waals surface area contributed by atoms with Gasteiger partial charge in [-0.25, -0.2) is 0 Å². The maximum atomic E-state index is 11.1. The minimum absolute atomic E-state index is 0.0259. The van der Waals surface area contributed by atoms with Gasteiger partial charge in [0.25, 0.3) is 0 Å². The predicted octanol–water partition coefficient (Wildman–Crippen LogP) is 0.561. The third-order valence-corrected chi connectivity index (χ3v) is 2.64. The summed E-state index contributed by atoms with van der Waals surface area (Å²) in [6.45, 7) is 1.81. The van der Waals surface area contributed by atoms with Crippen molar-refractivity contribution < 1.29 is 15.0 Å². The second-order valence-corrected chi connectivity index (χ2v) is 4.17. The normalized spacial score (nSPS) is 14.4. The molecule has 4 N–H and O–H groups in total. The van der Waals surface area contributed by atoms with Crippen LogP contribution >= 0.6 is 0 Å². The molecule has 0 saturated carbocycles. The lowest BCUT2D eigenvalue weighted by Gasteiger charge is -2.20. The van der Waals surface area contributed by atoms with E-state index in [1.165, 1.54) is 6.92 Å². The topological polar surface area (TPSA) is 83.5 Å². The summed E-state index contributed by atoms with van der Waals surface area (Å²) in [4.78, 5) is 11.1. The van der Waals surface area contributed by atoms with Crippen molar-refractivity contribution in [3.05, 3.63) is 35.4 Å². The van der Waals surface area contributed by atoms with Crippen LogP contribution in [0.1, 0.15) is 30.6 Å². The zero-order chi connectivity index (χ0) is 12.8. The molecular formula is C13H19NO3. The Kier molecular flexibility index (Phi) is 5.28. The first-order valence-corrected chi connectivity index (χ1v) is 5.69. The first-order chi connectivity index (χ1) is 8.06. The number of ketones is 1. The zero-order valence-corrected chi connectivity index (χ0v) is 9.97. The molecule has 0 aliphatic heterocycles. The molecule has 1 aromatic carbocycles. The molecule has 0 amide bonds. The number of aliphatic hydroxyl groups is 2. The number of Topliss-reactive ketones (excluding diaryl/α,β-unsaturated/α-hetero) is 1. The number of carbonyl (C=O) groups is 1. The molecular weight excluding hydrogens is 218 g/mol. The molecule has 17 heavy (non-hydrogen) atoms. The van der Waals surface area contributed by atoms with E-state index in [0.717, 1.165) is 5.56 Å².